The molecular weight excluding hydrogens is 186 g/mol. The van der Waals surface area contributed by atoms with Crippen LogP contribution in [0, 0.1) is 11.3 Å². The van der Waals surface area contributed by atoms with Crippen molar-refractivity contribution >= 4 is 5.78 Å². The van der Waals surface area contributed by atoms with E-state index in [2.05, 4.69) is 0 Å². The summed E-state index contributed by atoms with van der Waals surface area (Å²) in [7, 11) is 0. The number of carbonyl (C=O) groups excluding carboxylic acids is 1. The van der Waals surface area contributed by atoms with Gasteiger partial charge in [-0.2, -0.15) is 0 Å². The van der Waals surface area contributed by atoms with Crippen LogP contribution < -0.4 is 5.73 Å². The Morgan fingerprint density at radius 3 is 2.00 bits per heavy atom. The van der Waals surface area contributed by atoms with Crippen LogP contribution in [0.3, 0.4) is 0 Å². The monoisotopic (exact) mass is 211 g/mol. The molecule has 1 fully saturated rings. The predicted octanol–water partition coefficient (Wildman–Crippen LogP) is 2.90. The molecule has 1 aliphatic carbocycles. The molecule has 2 heteroatoms. The number of hydrogen-bond acceptors (Lipinski definition) is 2. The molecular formula is C13H25NO. The van der Waals surface area contributed by atoms with Crippen molar-refractivity contribution in [3.05, 3.63) is 0 Å². The van der Waals surface area contributed by atoms with Crippen LogP contribution in [0.2, 0.25) is 0 Å². The van der Waals surface area contributed by atoms with E-state index in [4.69, 9.17) is 5.73 Å². The molecule has 88 valence electrons. The zero-order valence-corrected chi connectivity index (χ0v) is 10.4. The van der Waals surface area contributed by atoms with Crippen LogP contribution in [0.5, 0.6) is 0 Å². The van der Waals surface area contributed by atoms with Gasteiger partial charge in [-0.05, 0) is 18.3 Å². The highest BCUT2D eigenvalue weighted by Gasteiger charge is 2.32. The Bertz CT molecular complexity index is 209. The van der Waals surface area contributed by atoms with E-state index in [1.807, 2.05) is 20.8 Å². The lowest BCUT2D eigenvalue weighted by Gasteiger charge is -2.28. The average molecular weight is 211 g/mol. The molecule has 2 N–H and O–H groups in total. The first-order chi connectivity index (χ1) is 6.93. The molecule has 0 saturated heterocycles. The topological polar surface area (TPSA) is 43.1 Å². The van der Waals surface area contributed by atoms with E-state index in [0.29, 0.717) is 5.78 Å². The highest BCUT2D eigenvalue weighted by Crippen LogP contribution is 2.28. The largest absolute Gasteiger partial charge is 0.321 e. The van der Waals surface area contributed by atoms with Crippen molar-refractivity contribution in [2.75, 3.05) is 0 Å². The third kappa shape index (κ3) is 3.60. The highest BCUT2D eigenvalue weighted by molar-refractivity contribution is 5.86. The number of carbonyl (C=O) groups is 1. The van der Waals surface area contributed by atoms with E-state index in [1.165, 1.54) is 25.7 Å². The third-order valence-corrected chi connectivity index (χ3v) is 3.50. The normalized spacial score (nSPS) is 22.1. The summed E-state index contributed by atoms with van der Waals surface area (Å²) in [5.74, 6) is 0.533. The van der Waals surface area contributed by atoms with E-state index in [0.717, 1.165) is 12.8 Å². The van der Waals surface area contributed by atoms with E-state index in [1.54, 1.807) is 0 Å². The van der Waals surface area contributed by atoms with E-state index >= 15 is 0 Å². The fraction of sp³-hybridized carbons (Fsp3) is 0.923. The maximum absolute atomic E-state index is 12.2. The molecule has 0 amide bonds. The van der Waals surface area contributed by atoms with Crippen molar-refractivity contribution in [3.8, 4) is 0 Å². The molecule has 0 heterocycles. The molecule has 1 unspecified atom stereocenters. The molecule has 1 rings (SSSR count). The minimum absolute atomic E-state index is 0.0939. The second-order valence-electron chi connectivity index (χ2n) is 5.93. The molecule has 0 aromatic carbocycles. The molecule has 0 aromatic heterocycles. The number of rotatable bonds is 2. The maximum atomic E-state index is 12.2. The van der Waals surface area contributed by atoms with Crippen molar-refractivity contribution in [1.29, 1.82) is 0 Å². The van der Waals surface area contributed by atoms with Gasteiger partial charge in [-0.15, -0.1) is 0 Å². The van der Waals surface area contributed by atoms with Gasteiger partial charge >= 0.3 is 0 Å². The Morgan fingerprint density at radius 1 is 1.13 bits per heavy atom. The molecule has 2 nitrogen and oxygen atoms in total. The van der Waals surface area contributed by atoms with Crippen LogP contribution >= 0.6 is 0 Å². The lowest BCUT2D eigenvalue weighted by Crippen LogP contribution is -2.45. The summed E-state index contributed by atoms with van der Waals surface area (Å²) >= 11 is 0. The highest BCUT2D eigenvalue weighted by atomic mass is 16.1. The van der Waals surface area contributed by atoms with Crippen molar-refractivity contribution < 1.29 is 4.79 Å². The van der Waals surface area contributed by atoms with Gasteiger partial charge in [-0.1, -0.05) is 46.5 Å². The summed E-state index contributed by atoms with van der Waals surface area (Å²) in [6.07, 6.45) is 7.09. The van der Waals surface area contributed by atoms with Gasteiger partial charge in [0.1, 0.15) is 0 Å². The number of Topliss-reactive ketones (excluding diaryl/α,β-unsaturated/α-hetero) is 1. The van der Waals surface area contributed by atoms with Gasteiger partial charge in [0.15, 0.2) is 5.78 Å². The van der Waals surface area contributed by atoms with Crippen molar-refractivity contribution in [2.24, 2.45) is 17.1 Å². The molecule has 0 bridgehead atoms. The number of nitrogens with two attached hydrogens (primary N) is 1. The quantitative estimate of drug-likeness (QED) is 0.714. The third-order valence-electron chi connectivity index (χ3n) is 3.50. The molecule has 0 aromatic rings. The SMILES string of the molecule is CC(C)(C)C(N)C(=O)C1CCCCCC1. The summed E-state index contributed by atoms with van der Waals surface area (Å²) in [6.45, 7) is 6.14. The first-order valence-electron chi connectivity index (χ1n) is 6.22. The van der Waals surface area contributed by atoms with Crippen LogP contribution in [0.25, 0.3) is 0 Å². The maximum Gasteiger partial charge on any atom is 0.153 e. The Labute approximate surface area is 93.6 Å². The number of ketones is 1. The van der Waals surface area contributed by atoms with Crippen molar-refractivity contribution in [3.63, 3.8) is 0 Å². The molecule has 0 aliphatic heterocycles. The molecule has 0 spiro atoms. The minimum Gasteiger partial charge on any atom is -0.321 e. The first-order valence-corrected chi connectivity index (χ1v) is 6.22. The fourth-order valence-corrected chi connectivity index (χ4v) is 2.24. The average Bonchev–Trinajstić information content (AvgIpc) is 2.42. The zero-order chi connectivity index (χ0) is 11.5. The van der Waals surface area contributed by atoms with E-state index in [-0.39, 0.29) is 17.4 Å². The van der Waals surface area contributed by atoms with Crippen LogP contribution in [-0.4, -0.2) is 11.8 Å². The smallest absolute Gasteiger partial charge is 0.153 e. The Balaban J connectivity index is 2.58. The summed E-state index contributed by atoms with van der Waals surface area (Å²) in [5.41, 5.74) is 5.93. The van der Waals surface area contributed by atoms with Crippen LogP contribution in [0.15, 0.2) is 0 Å². The minimum atomic E-state index is -0.291. The Kier molecular flexibility index (Phi) is 4.32. The van der Waals surface area contributed by atoms with Gasteiger partial charge in [0.25, 0.3) is 0 Å². The lowest BCUT2D eigenvalue weighted by molar-refractivity contribution is -0.126. The van der Waals surface area contributed by atoms with Gasteiger partial charge < -0.3 is 5.73 Å². The van der Waals surface area contributed by atoms with Gasteiger partial charge in [-0.25, -0.2) is 0 Å². The summed E-state index contributed by atoms with van der Waals surface area (Å²) in [4.78, 5) is 12.2. The van der Waals surface area contributed by atoms with Gasteiger partial charge in [0.2, 0.25) is 0 Å². The fourth-order valence-electron chi connectivity index (χ4n) is 2.24. The van der Waals surface area contributed by atoms with E-state index in [9.17, 15) is 4.79 Å². The Morgan fingerprint density at radius 2 is 1.60 bits per heavy atom. The lowest BCUT2D eigenvalue weighted by atomic mass is 9.79. The standard InChI is InChI=1S/C13H25NO/c1-13(2,3)12(14)11(15)10-8-6-4-5-7-9-10/h10,12H,4-9,14H2,1-3H3. The summed E-state index contributed by atoms with van der Waals surface area (Å²) in [5, 5.41) is 0. The van der Waals surface area contributed by atoms with Crippen molar-refractivity contribution in [1.82, 2.24) is 0 Å². The molecule has 15 heavy (non-hydrogen) atoms. The van der Waals surface area contributed by atoms with E-state index < -0.39 is 0 Å². The van der Waals surface area contributed by atoms with Gasteiger partial charge in [0.05, 0.1) is 6.04 Å². The molecule has 0 radical (unpaired) electrons. The summed E-state index contributed by atoms with van der Waals surface area (Å²) < 4.78 is 0. The van der Waals surface area contributed by atoms with Crippen LogP contribution in [-0.2, 0) is 4.79 Å². The second kappa shape index (κ2) is 5.11. The summed E-state index contributed by atoms with van der Waals surface area (Å²) in [6, 6.07) is -0.291. The predicted molar refractivity (Wildman–Crippen MR) is 63.6 cm³/mol. The zero-order valence-electron chi connectivity index (χ0n) is 10.4. The first kappa shape index (κ1) is 12.7. The van der Waals surface area contributed by atoms with Crippen molar-refractivity contribution in [2.45, 2.75) is 65.3 Å². The molecule has 1 atom stereocenters. The molecule has 1 saturated carbocycles. The van der Waals surface area contributed by atoms with Gasteiger partial charge in [0, 0.05) is 5.92 Å². The Hall–Kier alpha value is -0.370. The second-order valence-corrected chi connectivity index (χ2v) is 5.93. The number of hydrogen-bond donors (Lipinski definition) is 1. The van der Waals surface area contributed by atoms with Crippen LogP contribution in [0.4, 0.5) is 0 Å². The molecule has 1 aliphatic rings. The van der Waals surface area contributed by atoms with Crippen LogP contribution in [0.1, 0.15) is 59.3 Å². The van der Waals surface area contributed by atoms with Gasteiger partial charge in [-0.3, -0.25) is 4.79 Å².